The summed E-state index contributed by atoms with van der Waals surface area (Å²) in [4.78, 5) is 29.0. The van der Waals surface area contributed by atoms with Crippen molar-refractivity contribution < 1.29 is 18.8 Å². The fourth-order valence-electron chi connectivity index (χ4n) is 4.05. The van der Waals surface area contributed by atoms with Crippen LogP contribution in [0.2, 0.25) is 28.2 Å². The Hall–Kier alpha value is -1.08. The lowest BCUT2D eigenvalue weighted by Gasteiger charge is -2.38. The number of carbonyl (C=O) groups is 2. The van der Waals surface area contributed by atoms with E-state index >= 15 is 0 Å². The highest BCUT2D eigenvalue weighted by molar-refractivity contribution is 6.74. The Morgan fingerprint density at radius 2 is 1.73 bits per heavy atom. The minimum absolute atomic E-state index is 0.00741. The zero-order valence-corrected chi connectivity index (χ0v) is 24.0. The van der Waals surface area contributed by atoms with E-state index in [-0.39, 0.29) is 16.9 Å². The van der Waals surface area contributed by atoms with Crippen LogP contribution in [0.1, 0.15) is 78.1 Å². The second-order valence-corrected chi connectivity index (χ2v) is 17.1. The van der Waals surface area contributed by atoms with Gasteiger partial charge in [0, 0.05) is 12.0 Å². The zero-order chi connectivity index (χ0) is 25.4. The highest BCUT2D eigenvalue weighted by atomic mass is 35.5. The molecule has 0 N–H and O–H groups in total. The third-order valence-corrected chi connectivity index (χ3v) is 11.9. The highest BCUT2D eigenvalue weighted by Crippen LogP contribution is 2.44. The lowest BCUT2D eigenvalue weighted by Crippen LogP contribution is -2.54. The number of ketones is 1. The van der Waals surface area contributed by atoms with Crippen molar-refractivity contribution in [3.8, 4) is 0 Å². The molecule has 8 heteroatoms. The van der Waals surface area contributed by atoms with Crippen molar-refractivity contribution in [1.29, 1.82) is 0 Å². The summed E-state index contributed by atoms with van der Waals surface area (Å²) in [5, 5.41) is 0.699. The van der Waals surface area contributed by atoms with Crippen LogP contribution in [-0.4, -0.2) is 48.9 Å². The first-order valence-electron chi connectivity index (χ1n) is 11.6. The third-order valence-electron chi connectivity index (χ3n) is 6.62. The molecule has 1 unspecified atom stereocenters. The molecule has 5 nitrogen and oxygen atoms in total. The molecule has 1 aromatic rings. The molecule has 1 amide bonds. The first-order valence-corrected chi connectivity index (χ1v) is 15.3. The summed E-state index contributed by atoms with van der Waals surface area (Å²) in [6, 6.07) is 4.87. The van der Waals surface area contributed by atoms with Crippen LogP contribution >= 0.6 is 23.2 Å². The van der Waals surface area contributed by atoms with Crippen LogP contribution in [-0.2, 0) is 9.16 Å². The Morgan fingerprint density at radius 1 is 1.12 bits per heavy atom. The molecule has 0 bridgehead atoms. The lowest BCUT2D eigenvalue weighted by atomic mass is 9.82. The van der Waals surface area contributed by atoms with Crippen LogP contribution in [0, 0.1) is 0 Å². The zero-order valence-electron chi connectivity index (χ0n) is 21.5. The first kappa shape index (κ1) is 28.2. The van der Waals surface area contributed by atoms with E-state index in [1.54, 1.807) is 23.1 Å². The van der Waals surface area contributed by atoms with Crippen molar-refractivity contribution in [1.82, 2.24) is 4.90 Å². The number of likely N-dealkylation sites (tertiary alicyclic amines) is 1. The Balaban J connectivity index is 2.54. The Bertz CT molecular complexity index is 891. The maximum atomic E-state index is 14.0. The number of hydrogen-bond donors (Lipinski definition) is 0. The minimum atomic E-state index is -2.13. The molecule has 0 aromatic heterocycles. The van der Waals surface area contributed by atoms with Gasteiger partial charge in [0.1, 0.15) is 11.1 Å². The fourth-order valence-corrected chi connectivity index (χ4v) is 5.70. The number of hydrogen-bond acceptors (Lipinski definition) is 4. The van der Waals surface area contributed by atoms with E-state index in [9.17, 15) is 9.59 Å². The van der Waals surface area contributed by atoms with Crippen molar-refractivity contribution in [2.45, 2.75) is 103 Å². The predicted octanol–water partition coefficient (Wildman–Crippen LogP) is 7.75. The molecule has 0 saturated carbocycles. The molecule has 2 rings (SSSR count). The number of Topliss-reactive ketones (excluding diaryl/α,β-unsaturated/α-hetero) is 1. The van der Waals surface area contributed by atoms with Crippen LogP contribution in [0.4, 0.5) is 4.79 Å². The van der Waals surface area contributed by atoms with Crippen LogP contribution in [0.5, 0.6) is 0 Å². The van der Waals surface area contributed by atoms with Gasteiger partial charge >= 0.3 is 6.09 Å². The average molecular weight is 517 g/mol. The Morgan fingerprint density at radius 3 is 2.21 bits per heavy atom. The molecule has 1 aromatic carbocycles. The van der Waals surface area contributed by atoms with Gasteiger partial charge in [-0.05, 0) is 63.5 Å². The number of rotatable bonds is 6. The number of benzene rings is 1. The monoisotopic (exact) mass is 515 g/mol. The van der Waals surface area contributed by atoms with E-state index in [2.05, 4.69) is 33.9 Å². The molecule has 1 aliphatic heterocycles. The molecule has 0 radical (unpaired) electrons. The molecule has 1 saturated heterocycles. The van der Waals surface area contributed by atoms with Crippen LogP contribution in [0.3, 0.4) is 0 Å². The summed E-state index contributed by atoms with van der Waals surface area (Å²) < 4.78 is 12.4. The predicted molar refractivity (Wildman–Crippen MR) is 138 cm³/mol. The number of ether oxygens (including phenoxy) is 1. The topological polar surface area (TPSA) is 55.8 Å². The van der Waals surface area contributed by atoms with Gasteiger partial charge in [-0.2, -0.15) is 0 Å². The summed E-state index contributed by atoms with van der Waals surface area (Å²) in [6.45, 7) is 18.7. The van der Waals surface area contributed by atoms with Gasteiger partial charge < -0.3 is 9.16 Å². The fraction of sp³-hybridized carbons (Fsp3) is 0.680. The first-order chi connectivity index (χ1) is 14.9. The van der Waals surface area contributed by atoms with Gasteiger partial charge in [-0.15, -0.1) is 0 Å². The van der Waals surface area contributed by atoms with Crippen molar-refractivity contribution >= 4 is 43.4 Å². The maximum Gasteiger partial charge on any atom is 0.411 e. The molecule has 186 valence electrons. The minimum Gasteiger partial charge on any atom is -0.444 e. The lowest BCUT2D eigenvalue weighted by molar-refractivity contribution is 0.00677. The van der Waals surface area contributed by atoms with Gasteiger partial charge in [0.2, 0.25) is 0 Å². The Labute approximate surface area is 210 Å². The van der Waals surface area contributed by atoms with Crippen LogP contribution < -0.4 is 0 Å². The van der Waals surface area contributed by atoms with Crippen molar-refractivity contribution in [3.63, 3.8) is 0 Å². The molecule has 0 spiro atoms. The van der Waals surface area contributed by atoms with Gasteiger partial charge in [-0.3, -0.25) is 9.69 Å². The average Bonchev–Trinajstić information content (AvgIpc) is 3.00. The summed E-state index contributed by atoms with van der Waals surface area (Å²) in [6.07, 6.45) is 0.899. The van der Waals surface area contributed by atoms with Gasteiger partial charge in [0.15, 0.2) is 14.1 Å². The molecule has 0 aliphatic carbocycles. The molecular formula is C25H39Cl2NO4Si. The quantitative estimate of drug-likeness (QED) is 0.287. The van der Waals surface area contributed by atoms with Crippen LogP contribution in [0.25, 0.3) is 0 Å². The van der Waals surface area contributed by atoms with Gasteiger partial charge in [-0.1, -0.05) is 57.3 Å². The highest BCUT2D eigenvalue weighted by Gasteiger charge is 2.55. The van der Waals surface area contributed by atoms with E-state index in [4.69, 9.17) is 32.4 Å². The molecule has 1 aliphatic rings. The SMILES string of the molecule is CCCC1(C(=O)c2ccc(Cl)c(Cl)c2)C[C@@H](O[Si](C)(C)C(C)(C)C)CN1C(=O)OC(C)(C)C. The largest absolute Gasteiger partial charge is 0.444 e. The van der Waals surface area contributed by atoms with Gasteiger partial charge in [0.05, 0.1) is 22.7 Å². The molecule has 1 heterocycles. The molecule has 1 fully saturated rings. The van der Waals surface area contributed by atoms with E-state index < -0.39 is 25.6 Å². The maximum absolute atomic E-state index is 14.0. The number of halogens is 2. The Kier molecular flexibility index (Phi) is 8.43. The van der Waals surface area contributed by atoms with E-state index in [1.165, 1.54) is 0 Å². The number of amides is 1. The summed E-state index contributed by atoms with van der Waals surface area (Å²) in [5.74, 6) is -0.157. The third kappa shape index (κ3) is 6.33. The van der Waals surface area contributed by atoms with Crippen molar-refractivity contribution in [2.75, 3.05) is 6.54 Å². The van der Waals surface area contributed by atoms with Gasteiger partial charge in [0.25, 0.3) is 0 Å². The van der Waals surface area contributed by atoms with E-state index in [1.807, 2.05) is 27.7 Å². The normalized spacial score (nSPS) is 21.9. The standard InChI is InChI=1S/C25H39Cl2NO4Si/c1-10-13-25(21(29)17-11-12-19(26)20(27)14-17)15-18(32-33(8,9)24(5,6)7)16-28(25)22(30)31-23(2,3)4/h11-12,14,18H,10,13,15-16H2,1-9H3/t18-,25?/m1/s1. The van der Waals surface area contributed by atoms with Crippen molar-refractivity contribution in [3.05, 3.63) is 33.8 Å². The summed E-state index contributed by atoms with van der Waals surface area (Å²) in [7, 11) is -2.13. The molecular weight excluding hydrogens is 477 g/mol. The van der Waals surface area contributed by atoms with Crippen LogP contribution in [0.15, 0.2) is 18.2 Å². The summed E-state index contributed by atoms with van der Waals surface area (Å²) >= 11 is 12.3. The van der Waals surface area contributed by atoms with E-state index in [0.717, 1.165) is 6.42 Å². The number of carbonyl (C=O) groups excluding carboxylic acids is 2. The molecule has 33 heavy (non-hydrogen) atoms. The smallest absolute Gasteiger partial charge is 0.411 e. The second-order valence-electron chi connectivity index (χ2n) is 11.5. The van der Waals surface area contributed by atoms with Gasteiger partial charge in [-0.25, -0.2) is 4.79 Å². The molecule has 2 atom stereocenters. The summed E-state index contributed by atoms with van der Waals surface area (Å²) in [5.41, 5.74) is -1.32. The second kappa shape index (κ2) is 9.88. The van der Waals surface area contributed by atoms with E-state index in [0.29, 0.717) is 35.0 Å². The number of nitrogens with zero attached hydrogens (tertiary/aromatic N) is 1. The van der Waals surface area contributed by atoms with Crippen molar-refractivity contribution in [2.24, 2.45) is 0 Å².